The van der Waals surface area contributed by atoms with Gasteiger partial charge in [-0.25, -0.2) is 9.97 Å². The molecule has 6 heteroatoms. The summed E-state index contributed by atoms with van der Waals surface area (Å²) in [5.41, 5.74) is 1.65. The number of aryl methyl sites for hydroxylation is 2. The lowest BCUT2D eigenvalue weighted by Gasteiger charge is -2.22. The van der Waals surface area contributed by atoms with Gasteiger partial charge in [0.2, 0.25) is 5.76 Å². The number of amides is 1. The molecule has 26 heavy (non-hydrogen) atoms. The first-order valence-corrected chi connectivity index (χ1v) is 8.96. The second kappa shape index (κ2) is 6.78. The van der Waals surface area contributed by atoms with Gasteiger partial charge < -0.3 is 14.2 Å². The quantitative estimate of drug-likeness (QED) is 0.710. The third kappa shape index (κ3) is 3.14. The highest BCUT2D eigenvalue weighted by Crippen LogP contribution is 2.20. The van der Waals surface area contributed by atoms with Crippen molar-refractivity contribution < 1.29 is 9.21 Å². The molecule has 1 aliphatic heterocycles. The van der Waals surface area contributed by atoms with Gasteiger partial charge in [0.25, 0.3) is 5.91 Å². The molecule has 2 aromatic heterocycles. The second-order valence-electron chi connectivity index (χ2n) is 6.64. The Hall–Kier alpha value is -2.89. The molecule has 0 aliphatic carbocycles. The van der Waals surface area contributed by atoms with Crippen molar-refractivity contribution >= 4 is 22.6 Å². The molecule has 0 N–H and O–H groups in total. The Morgan fingerprint density at radius 2 is 1.85 bits per heavy atom. The van der Waals surface area contributed by atoms with Crippen LogP contribution in [0, 0.1) is 13.8 Å². The molecule has 0 spiro atoms. The highest BCUT2D eigenvalue weighted by molar-refractivity contribution is 5.92. The number of fused-ring (bicyclic) bond motifs is 1. The molecule has 1 saturated heterocycles. The van der Waals surface area contributed by atoms with Crippen LogP contribution in [0.2, 0.25) is 0 Å². The van der Waals surface area contributed by atoms with E-state index in [0.29, 0.717) is 30.4 Å². The number of anilines is 1. The molecular formula is C20H22N4O2. The van der Waals surface area contributed by atoms with E-state index in [1.165, 1.54) is 0 Å². The highest BCUT2D eigenvalue weighted by Gasteiger charge is 2.25. The number of hydrogen-bond donors (Lipinski definition) is 0. The van der Waals surface area contributed by atoms with Gasteiger partial charge in [-0.1, -0.05) is 18.2 Å². The van der Waals surface area contributed by atoms with E-state index in [0.717, 1.165) is 36.2 Å². The number of carbonyl (C=O) groups excluding carboxylic acids is 1. The van der Waals surface area contributed by atoms with Gasteiger partial charge in [0.15, 0.2) is 5.89 Å². The number of oxazole rings is 1. The van der Waals surface area contributed by atoms with Gasteiger partial charge in [0.1, 0.15) is 5.82 Å². The van der Waals surface area contributed by atoms with Gasteiger partial charge >= 0.3 is 0 Å². The van der Waals surface area contributed by atoms with Gasteiger partial charge in [-0.2, -0.15) is 0 Å². The van der Waals surface area contributed by atoms with Crippen molar-refractivity contribution in [3.63, 3.8) is 0 Å². The number of hydrogen-bond acceptors (Lipinski definition) is 5. The molecule has 1 amide bonds. The molecule has 1 fully saturated rings. The van der Waals surface area contributed by atoms with Crippen LogP contribution < -0.4 is 4.90 Å². The average molecular weight is 350 g/mol. The zero-order valence-electron chi connectivity index (χ0n) is 15.1. The fraction of sp³-hybridized carbons (Fsp3) is 0.350. The number of rotatable bonds is 2. The van der Waals surface area contributed by atoms with Gasteiger partial charge in [-0.05, 0) is 31.5 Å². The topological polar surface area (TPSA) is 62.5 Å². The van der Waals surface area contributed by atoms with Gasteiger partial charge in [-0.3, -0.25) is 4.79 Å². The van der Waals surface area contributed by atoms with E-state index in [1.807, 2.05) is 30.0 Å². The zero-order valence-corrected chi connectivity index (χ0v) is 15.1. The molecule has 0 radical (unpaired) electrons. The summed E-state index contributed by atoms with van der Waals surface area (Å²) in [7, 11) is 0. The summed E-state index contributed by atoms with van der Waals surface area (Å²) in [6.45, 7) is 6.56. The smallest absolute Gasteiger partial charge is 0.291 e. The molecule has 6 nitrogen and oxygen atoms in total. The summed E-state index contributed by atoms with van der Waals surface area (Å²) in [5, 5.41) is 1.14. The lowest BCUT2D eigenvalue weighted by atomic mass is 10.2. The SMILES string of the molecule is Cc1nc(C)c(C(=O)N2CCCN(c3ccc4ccccc4n3)CC2)o1. The molecule has 0 bridgehead atoms. The number of benzene rings is 1. The molecule has 134 valence electrons. The van der Waals surface area contributed by atoms with Crippen LogP contribution in [0.3, 0.4) is 0 Å². The first-order valence-electron chi connectivity index (χ1n) is 8.96. The second-order valence-corrected chi connectivity index (χ2v) is 6.64. The zero-order chi connectivity index (χ0) is 18.1. The lowest BCUT2D eigenvalue weighted by Crippen LogP contribution is -2.35. The molecule has 4 rings (SSSR count). The minimum atomic E-state index is -0.0728. The van der Waals surface area contributed by atoms with Crippen molar-refractivity contribution in [2.45, 2.75) is 20.3 Å². The first-order chi connectivity index (χ1) is 12.6. The largest absolute Gasteiger partial charge is 0.436 e. The monoisotopic (exact) mass is 350 g/mol. The van der Waals surface area contributed by atoms with Gasteiger partial charge in [-0.15, -0.1) is 0 Å². The van der Waals surface area contributed by atoms with Crippen LogP contribution in [0.1, 0.15) is 28.6 Å². The van der Waals surface area contributed by atoms with E-state index in [4.69, 9.17) is 9.40 Å². The first kappa shape index (κ1) is 16.6. The van der Waals surface area contributed by atoms with Crippen LogP contribution in [0.25, 0.3) is 10.9 Å². The molecule has 1 aromatic carbocycles. The molecule has 3 aromatic rings. The standard InChI is InChI=1S/C20H22N4O2/c1-14-19(26-15(2)21-14)20(25)24-11-5-10-23(12-13-24)18-9-8-16-6-3-4-7-17(16)22-18/h3-4,6-9H,5,10-13H2,1-2H3. The van der Waals surface area contributed by atoms with Crippen molar-refractivity contribution in [1.82, 2.24) is 14.9 Å². The number of nitrogens with zero attached hydrogens (tertiary/aromatic N) is 4. The van der Waals surface area contributed by atoms with Crippen molar-refractivity contribution in [3.8, 4) is 0 Å². The van der Waals surface area contributed by atoms with Gasteiger partial charge in [0.05, 0.1) is 11.2 Å². The van der Waals surface area contributed by atoms with Crippen LogP contribution in [-0.4, -0.2) is 47.0 Å². The molecular weight excluding hydrogens is 328 g/mol. The van der Waals surface area contributed by atoms with E-state index in [1.54, 1.807) is 6.92 Å². The number of para-hydroxylation sites is 1. The summed E-state index contributed by atoms with van der Waals surface area (Å²) < 4.78 is 5.50. The summed E-state index contributed by atoms with van der Waals surface area (Å²) in [6.07, 6.45) is 0.895. The fourth-order valence-corrected chi connectivity index (χ4v) is 3.45. The Labute approximate surface area is 152 Å². The van der Waals surface area contributed by atoms with E-state index >= 15 is 0 Å². The maximum atomic E-state index is 12.8. The highest BCUT2D eigenvalue weighted by atomic mass is 16.4. The molecule has 0 unspecified atom stereocenters. The summed E-state index contributed by atoms with van der Waals surface area (Å²) in [5.74, 6) is 1.78. The summed E-state index contributed by atoms with van der Waals surface area (Å²) >= 11 is 0. The van der Waals surface area contributed by atoms with Gasteiger partial charge in [0, 0.05) is 38.5 Å². The third-order valence-corrected chi connectivity index (χ3v) is 4.79. The Kier molecular flexibility index (Phi) is 4.32. The lowest BCUT2D eigenvalue weighted by molar-refractivity contribution is 0.0732. The van der Waals surface area contributed by atoms with Crippen LogP contribution in [-0.2, 0) is 0 Å². The summed E-state index contributed by atoms with van der Waals surface area (Å²) in [4.78, 5) is 25.9. The molecule has 1 aliphatic rings. The fourth-order valence-electron chi connectivity index (χ4n) is 3.45. The predicted molar refractivity (Wildman–Crippen MR) is 100 cm³/mol. The average Bonchev–Trinajstić information content (AvgIpc) is 2.85. The van der Waals surface area contributed by atoms with Crippen molar-refractivity contribution in [2.24, 2.45) is 0 Å². The van der Waals surface area contributed by atoms with Crippen LogP contribution in [0.5, 0.6) is 0 Å². The minimum absolute atomic E-state index is 0.0728. The third-order valence-electron chi connectivity index (χ3n) is 4.79. The molecule has 0 saturated carbocycles. The number of pyridine rings is 1. The minimum Gasteiger partial charge on any atom is -0.436 e. The van der Waals surface area contributed by atoms with Crippen molar-refractivity contribution in [2.75, 3.05) is 31.1 Å². The van der Waals surface area contributed by atoms with Crippen molar-refractivity contribution in [3.05, 3.63) is 53.7 Å². The number of carbonyl (C=O) groups is 1. The maximum absolute atomic E-state index is 12.8. The van der Waals surface area contributed by atoms with Crippen molar-refractivity contribution in [1.29, 1.82) is 0 Å². The van der Waals surface area contributed by atoms with E-state index in [9.17, 15) is 4.79 Å². The van der Waals surface area contributed by atoms with Crippen LogP contribution in [0.4, 0.5) is 5.82 Å². The predicted octanol–water partition coefficient (Wildman–Crippen LogP) is 3.19. The molecule has 0 atom stereocenters. The maximum Gasteiger partial charge on any atom is 0.291 e. The van der Waals surface area contributed by atoms with E-state index in [-0.39, 0.29) is 5.91 Å². The number of aromatic nitrogens is 2. The van der Waals surface area contributed by atoms with Crippen LogP contribution >= 0.6 is 0 Å². The molecule has 3 heterocycles. The van der Waals surface area contributed by atoms with E-state index < -0.39 is 0 Å². The Balaban J connectivity index is 1.50. The normalized spacial score (nSPS) is 15.3. The Morgan fingerprint density at radius 3 is 2.65 bits per heavy atom. The van der Waals surface area contributed by atoms with Crippen LogP contribution in [0.15, 0.2) is 40.8 Å². The van der Waals surface area contributed by atoms with E-state index in [2.05, 4.69) is 28.1 Å². The Bertz CT molecular complexity index is 950. The Morgan fingerprint density at radius 1 is 1.00 bits per heavy atom. The summed E-state index contributed by atoms with van der Waals surface area (Å²) in [6, 6.07) is 12.3.